The Balaban J connectivity index is 1.91. The van der Waals surface area contributed by atoms with Crippen molar-refractivity contribution in [3.63, 3.8) is 0 Å². The molecule has 1 fully saturated rings. The van der Waals surface area contributed by atoms with Gasteiger partial charge in [-0.25, -0.2) is 0 Å². The van der Waals surface area contributed by atoms with Crippen molar-refractivity contribution in [1.29, 1.82) is 0 Å². The molecule has 0 radical (unpaired) electrons. The number of rotatable bonds is 4. The fourth-order valence-corrected chi connectivity index (χ4v) is 2.11. The Morgan fingerprint density at radius 1 is 1.40 bits per heavy atom. The molecule has 0 bridgehead atoms. The van der Waals surface area contributed by atoms with Crippen LogP contribution in [0.5, 0.6) is 0 Å². The van der Waals surface area contributed by atoms with E-state index in [1.54, 1.807) is 0 Å². The van der Waals surface area contributed by atoms with Crippen molar-refractivity contribution in [2.75, 3.05) is 31.3 Å². The molecule has 1 aliphatic rings. The molecule has 1 heterocycles. The first-order valence-electron chi connectivity index (χ1n) is 3.84. The second-order valence-corrected chi connectivity index (χ2v) is 3.66. The summed E-state index contributed by atoms with van der Waals surface area (Å²) in [6.45, 7) is 2.77. The Labute approximate surface area is 66.6 Å². The second-order valence-electron chi connectivity index (χ2n) is 2.59. The van der Waals surface area contributed by atoms with Gasteiger partial charge in [0.2, 0.25) is 0 Å². The van der Waals surface area contributed by atoms with Crippen LogP contribution >= 0.6 is 11.8 Å². The molecule has 1 rings (SSSR count). The first-order valence-corrected chi connectivity index (χ1v) is 5.00. The van der Waals surface area contributed by atoms with E-state index in [1.807, 2.05) is 11.8 Å². The third-order valence-electron chi connectivity index (χ3n) is 1.71. The molecule has 0 aliphatic carbocycles. The molecule has 0 aromatic heterocycles. The van der Waals surface area contributed by atoms with Gasteiger partial charge in [0.1, 0.15) is 0 Å². The van der Waals surface area contributed by atoms with Crippen molar-refractivity contribution in [2.45, 2.75) is 12.8 Å². The van der Waals surface area contributed by atoms with E-state index in [0.717, 1.165) is 12.8 Å². The Morgan fingerprint density at radius 2 is 2.30 bits per heavy atom. The number of thioether (sulfide) groups is 1. The van der Waals surface area contributed by atoms with Crippen molar-refractivity contribution >= 4 is 11.8 Å². The van der Waals surface area contributed by atoms with Crippen LogP contribution in [0, 0.1) is 0 Å². The van der Waals surface area contributed by atoms with E-state index in [0.29, 0.717) is 6.61 Å². The van der Waals surface area contributed by atoms with Gasteiger partial charge in [0.25, 0.3) is 0 Å². The molecule has 10 heavy (non-hydrogen) atoms. The monoisotopic (exact) mass is 161 g/mol. The maximum absolute atomic E-state index is 8.52. The predicted octanol–water partition coefficient (Wildman–Crippen LogP) is 0.765. The van der Waals surface area contributed by atoms with Crippen LogP contribution < -0.4 is 0 Å². The minimum atomic E-state index is 0.348. The predicted molar refractivity (Wildman–Crippen MR) is 45.2 cm³/mol. The topological polar surface area (TPSA) is 23.5 Å². The summed E-state index contributed by atoms with van der Waals surface area (Å²) in [5.41, 5.74) is 0. The molecule has 0 aromatic rings. The van der Waals surface area contributed by atoms with Gasteiger partial charge in [-0.2, -0.15) is 0 Å². The highest BCUT2D eigenvalue weighted by atomic mass is 32.2. The van der Waals surface area contributed by atoms with Crippen LogP contribution in [0.3, 0.4) is 0 Å². The average Bonchev–Trinajstić information content (AvgIpc) is 2.41. The Kier molecular flexibility index (Phi) is 4.18. The van der Waals surface area contributed by atoms with Crippen molar-refractivity contribution in [2.24, 2.45) is 0 Å². The average molecular weight is 161 g/mol. The molecule has 60 valence electrons. The van der Waals surface area contributed by atoms with Crippen LogP contribution in [0.25, 0.3) is 0 Å². The molecular formula is C7H15NOS. The summed E-state index contributed by atoms with van der Waals surface area (Å²) in [7, 11) is 0. The van der Waals surface area contributed by atoms with Gasteiger partial charge in [0.15, 0.2) is 0 Å². The molecule has 0 atom stereocenters. The van der Waals surface area contributed by atoms with Crippen molar-refractivity contribution in [1.82, 2.24) is 4.90 Å². The van der Waals surface area contributed by atoms with E-state index in [1.165, 1.54) is 24.7 Å². The summed E-state index contributed by atoms with van der Waals surface area (Å²) >= 11 is 2.00. The van der Waals surface area contributed by atoms with E-state index in [-0.39, 0.29) is 0 Å². The van der Waals surface area contributed by atoms with Crippen molar-refractivity contribution in [3.05, 3.63) is 0 Å². The van der Waals surface area contributed by atoms with Gasteiger partial charge >= 0.3 is 0 Å². The normalized spacial score (nSPS) is 20.1. The van der Waals surface area contributed by atoms with E-state index in [4.69, 9.17) is 5.11 Å². The number of unbranched alkanes of at least 4 members (excludes halogenated alkanes) is 1. The minimum absolute atomic E-state index is 0.348. The van der Waals surface area contributed by atoms with E-state index in [9.17, 15) is 0 Å². The zero-order valence-corrected chi connectivity index (χ0v) is 7.07. The third kappa shape index (κ3) is 2.90. The van der Waals surface area contributed by atoms with Crippen LogP contribution in [0.2, 0.25) is 0 Å². The summed E-state index contributed by atoms with van der Waals surface area (Å²) < 4.78 is 0. The van der Waals surface area contributed by atoms with Gasteiger partial charge < -0.3 is 5.11 Å². The van der Waals surface area contributed by atoms with Crippen LogP contribution in [0.1, 0.15) is 12.8 Å². The van der Waals surface area contributed by atoms with Crippen LogP contribution in [-0.2, 0) is 0 Å². The first kappa shape index (κ1) is 8.37. The maximum atomic E-state index is 8.52. The number of hydrogen-bond donors (Lipinski definition) is 1. The Bertz CT molecular complexity index is 83.7. The highest BCUT2D eigenvalue weighted by Crippen LogP contribution is 2.13. The van der Waals surface area contributed by atoms with Crippen molar-refractivity contribution in [3.8, 4) is 0 Å². The third-order valence-corrected chi connectivity index (χ3v) is 2.73. The number of hydrogen-bond acceptors (Lipinski definition) is 3. The lowest BCUT2D eigenvalue weighted by atomic mass is 10.3. The van der Waals surface area contributed by atoms with Gasteiger partial charge in [-0.05, 0) is 19.4 Å². The number of nitrogens with zero attached hydrogens (tertiary/aromatic N) is 1. The molecular weight excluding hydrogens is 146 g/mol. The molecule has 0 unspecified atom stereocenters. The maximum Gasteiger partial charge on any atom is 0.0445 e. The van der Waals surface area contributed by atoms with Crippen LogP contribution in [0.4, 0.5) is 0 Å². The summed E-state index contributed by atoms with van der Waals surface area (Å²) in [5.74, 6) is 2.49. The second kappa shape index (κ2) is 4.99. The van der Waals surface area contributed by atoms with E-state index in [2.05, 4.69) is 4.90 Å². The lowest BCUT2D eigenvalue weighted by Gasteiger charge is -2.11. The van der Waals surface area contributed by atoms with E-state index < -0.39 is 0 Å². The molecule has 3 heteroatoms. The Morgan fingerprint density at radius 3 is 2.90 bits per heavy atom. The minimum Gasteiger partial charge on any atom is -0.396 e. The van der Waals surface area contributed by atoms with Gasteiger partial charge in [0.05, 0.1) is 0 Å². The lowest BCUT2D eigenvalue weighted by Crippen LogP contribution is -2.20. The van der Waals surface area contributed by atoms with Crippen LogP contribution in [-0.4, -0.2) is 41.3 Å². The molecule has 0 amide bonds. The lowest BCUT2D eigenvalue weighted by molar-refractivity contribution is 0.267. The molecule has 2 nitrogen and oxygen atoms in total. The summed E-state index contributed by atoms with van der Waals surface area (Å²) in [5, 5.41) is 8.52. The fraction of sp³-hybridized carbons (Fsp3) is 1.00. The number of aliphatic hydroxyl groups excluding tert-OH is 1. The standard InChI is InChI=1S/C7H15NOS/c9-5-2-1-3-8-4-6-10-7-8/h9H,1-7H2. The van der Waals surface area contributed by atoms with Crippen molar-refractivity contribution < 1.29 is 5.11 Å². The highest BCUT2D eigenvalue weighted by Gasteiger charge is 2.09. The van der Waals surface area contributed by atoms with Gasteiger partial charge in [-0.15, -0.1) is 11.8 Å². The molecule has 0 saturated carbocycles. The molecule has 1 aliphatic heterocycles. The molecule has 0 spiro atoms. The smallest absolute Gasteiger partial charge is 0.0445 e. The SMILES string of the molecule is OCCCCN1CCSC1. The highest BCUT2D eigenvalue weighted by molar-refractivity contribution is 7.99. The summed E-state index contributed by atoms with van der Waals surface area (Å²) in [6, 6.07) is 0. The zero-order chi connectivity index (χ0) is 7.23. The fourth-order valence-electron chi connectivity index (χ4n) is 1.08. The van der Waals surface area contributed by atoms with E-state index >= 15 is 0 Å². The quantitative estimate of drug-likeness (QED) is 0.616. The summed E-state index contributed by atoms with van der Waals surface area (Å²) in [6.07, 6.45) is 2.11. The summed E-state index contributed by atoms with van der Waals surface area (Å²) in [4.78, 5) is 2.44. The number of aliphatic hydroxyl groups is 1. The largest absolute Gasteiger partial charge is 0.396 e. The molecule has 1 saturated heterocycles. The Hall–Kier alpha value is 0.270. The van der Waals surface area contributed by atoms with Crippen LogP contribution in [0.15, 0.2) is 0 Å². The van der Waals surface area contributed by atoms with Gasteiger partial charge in [0, 0.05) is 24.8 Å². The molecule has 1 N–H and O–H groups in total. The zero-order valence-electron chi connectivity index (χ0n) is 6.25. The van der Waals surface area contributed by atoms with Gasteiger partial charge in [-0.1, -0.05) is 0 Å². The van der Waals surface area contributed by atoms with Gasteiger partial charge in [-0.3, -0.25) is 4.90 Å². The molecule has 0 aromatic carbocycles. The first-order chi connectivity index (χ1) is 4.93.